The highest BCUT2D eigenvalue weighted by Gasteiger charge is 2.51. The summed E-state index contributed by atoms with van der Waals surface area (Å²) in [7, 11) is 0. The molecule has 1 saturated heterocycles. The van der Waals surface area contributed by atoms with Crippen LogP contribution < -0.4 is 11.5 Å². The van der Waals surface area contributed by atoms with E-state index in [4.69, 9.17) is 16.6 Å². The highest BCUT2D eigenvalue weighted by molar-refractivity contribution is 6.03. The van der Waals surface area contributed by atoms with E-state index in [0.717, 1.165) is 25.8 Å². The quantitative estimate of drug-likeness (QED) is 0.507. The maximum atomic E-state index is 12.4. The molecular weight excluding hydrogens is 466 g/mol. The van der Waals surface area contributed by atoms with Gasteiger partial charge >= 0.3 is 0 Å². The minimum atomic E-state index is -0.603. The number of carbonyl (C=O) groups is 2. The van der Waals surface area contributed by atoms with Crippen molar-refractivity contribution >= 4 is 17.6 Å². The number of primary amides is 1. The van der Waals surface area contributed by atoms with Gasteiger partial charge in [0.1, 0.15) is 17.1 Å². The van der Waals surface area contributed by atoms with Crippen molar-refractivity contribution in [3.8, 4) is 23.1 Å². The van der Waals surface area contributed by atoms with Crippen LogP contribution in [0.15, 0.2) is 36.7 Å². The number of benzene rings is 1. The first-order valence-corrected chi connectivity index (χ1v) is 12.9. The summed E-state index contributed by atoms with van der Waals surface area (Å²) in [4.78, 5) is 26.4. The summed E-state index contributed by atoms with van der Waals surface area (Å²) in [6, 6.07) is 8.70. The molecule has 0 atom stereocenters. The fraction of sp³-hybridized carbons (Fsp3) is 0.429. The Morgan fingerprint density at radius 1 is 1.24 bits per heavy atom. The van der Waals surface area contributed by atoms with Gasteiger partial charge in [-0.15, -0.1) is 0 Å². The molecule has 9 nitrogen and oxygen atoms in total. The molecule has 2 amide bonds. The minimum Gasteiger partial charge on any atom is -0.383 e. The van der Waals surface area contributed by atoms with Crippen molar-refractivity contribution in [3.63, 3.8) is 0 Å². The molecule has 1 aliphatic heterocycles. The summed E-state index contributed by atoms with van der Waals surface area (Å²) < 4.78 is 3.59. The van der Waals surface area contributed by atoms with Gasteiger partial charge in [0.25, 0.3) is 11.8 Å². The molecule has 3 fully saturated rings. The molecule has 2 aromatic heterocycles. The third-order valence-corrected chi connectivity index (χ3v) is 8.09. The summed E-state index contributed by atoms with van der Waals surface area (Å²) >= 11 is 0. The van der Waals surface area contributed by atoms with Crippen LogP contribution in [0.5, 0.6) is 0 Å². The largest absolute Gasteiger partial charge is 0.383 e. The number of aromatic nitrogens is 4. The highest BCUT2D eigenvalue weighted by Crippen LogP contribution is 2.54. The van der Waals surface area contributed by atoms with Crippen LogP contribution in [0.2, 0.25) is 0 Å². The van der Waals surface area contributed by atoms with Crippen molar-refractivity contribution in [2.24, 2.45) is 11.1 Å². The van der Waals surface area contributed by atoms with E-state index in [1.807, 2.05) is 15.8 Å². The number of anilines is 1. The van der Waals surface area contributed by atoms with Gasteiger partial charge in [-0.25, -0.2) is 4.68 Å². The van der Waals surface area contributed by atoms with E-state index in [1.165, 1.54) is 24.0 Å². The number of hydrogen-bond donors (Lipinski definition) is 2. The van der Waals surface area contributed by atoms with Gasteiger partial charge in [0.2, 0.25) is 0 Å². The third kappa shape index (κ3) is 4.26. The molecule has 0 radical (unpaired) electrons. The Kier molecular flexibility index (Phi) is 5.55. The average Bonchev–Trinajstić information content (AvgIpc) is 3.27. The van der Waals surface area contributed by atoms with Crippen LogP contribution in [0.1, 0.15) is 72.5 Å². The zero-order valence-electron chi connectivity index (χ0n) is 21.0. The summed E-state index contributed by atoms with van der Waals surface area (Å²) in [5.74, 6) is 5.59. The van der Waals surface area contributed by atoms with E-state index in [9.17, 15) is 9.59 Å². The zero-order valence-corrected chi connectivity index (χ0v) is 21.0. The van der Waals surface area contributed by atoms with Crippen LogP contribution in [0, 0.1) is 17.3 Å². The topological polar surface area (TPSA) is 125 Å². The van der Waals surface area contributed by atoms with Gasteiger partial charge in [-0.3, -0.25) is 14.3 Å². The van der Waals surface area contributed by atoms with Crippen LogP contribution in [-0.4, -0.2) is 49.4 Å². The van der Waals surface area contributed by atoms with Gasteiger partial charge in [0.05, 0.1) is 18.8 Å². The van der Waals surface area contributed by atoms with Crippen LogP contribution in [0.25, 0.3) is 11.3 Å². The standard InChI is InChI=1S/C28H31N7O2/c1-2-4-23(36)33-10-9-28(17-33)12-22(13-28)35-26(29)24(27(30)37)25(32-35)21-14-31-34(16-21)15-18-5-3-6-20(11-18)19-7-8-19/h3,5-6,11,14,16,19,22H,7-10,12-13,15,17,29H2,1H3,(H2,30,37)/t22-,28-. The number of carbonyl (C=O) groups excluding carboxylic acids is 2. The number of nitrogens with two attached hydrogens (primary N) is 2. The summed E-state index contributed by atoms with van der Waals surface area (Å²) in [6.45, 7) is 3.72. The van der Waals surface area contributed by atoms with Gasteiger partial charge in [-0.05, 0) is 67.4 Å². The van der Waals surface area contributed by atoms with Crippen molar-refractivity contribution in [1.29, 1.82) is 0 Å². The molecule has 1 aromatic carbocycles. The first kappa shape index (κ1) is 23.3. The molecule has 3 heterocycles. The fourth-order valence-corrected chi connectivity index (χ4v) is 6.03. The van der Waals surface area contributed by atoms with Gasteiger partial charge in [0.15, 0.2) is 0 Å². The molecular formula is C28H31N7O2. The van der Waals surface area contributed by atoms with Crippen molar-refractivity contribution in [3.05, 3.63) is 53.3 Å². The zero-order chi connectivity index (χ0) is 25.7. The Morgan fingerprint density at radius 2 is 2.05 bits per heavy atom. The highest BCUT2D eigenvalue weighted by atomic mass is 16.2. The summed E-state index contributed by atoms with van der Waals surface area (Å²) in [5, 5.41) is 9.28. The van der Waals surface area contributed by atoms with Gasteiger partial charge in [-0.1, -0.05) is 30.2 Å². The fourth-order valence-electron chi connectivity index (χ4n) is 6.03. The molecule has 0 unspecified atom stereocenters. The number of amides is 2. The normalized spacial score (nSPS) is 22.5. The van der Waals surface area contributed by atoms with E-state index in [1.54, 1.807) is 17.8 Å². The lowest BCUT2D eigenvalue weighted by Gasteiger charge is -2.45. The average molecular weight is 498 g/mol. The maximum absolute atomic E-state index is 12.4. The van der Waals surface area contributed by atoms with Crippen LogP contribution in [0.4, 0.5) is 5.82 Å². The lowest BCUT2D eigenvalue weighted by molar-refractivity contribution is -0.125. The predicted octanol–water partition coefficient (Wildman–Crippen LogP) is 2.93. The number of rotatable bonds is 6. The second kappa shape index (κ2) is 8.80. The Hall–Kier alpha value is -4.06. The first-order valence-electron chi connectivity index (χ1n) is 12.9. The Labute approximate surface area is 215 Å². The smallest absolute Gasteiger partial charge is 0.298 e. The molecule has 6 rings (SSSR count). The molecule has 1 spiro atoms. The monoisotopic (exact) mass is 497 g/mol. The Morgan fingerprint density at radius 3 is 2.78 bits per heavy atom. The molecule has 0 bridgehead atoms. The number of nitrogens with zero attached hydrogens (tertiary/aromatic N) is 5. The van der Waals surface area contributed by atoms with Crippen molar-refractivity contribution in [1.82, 2.24) is 24.5 Å². The minimum absolute atomic E-state index is 0.0550. The van der Waals surface area contributed by atoms with E-state index in [2.05, 4.69) is 41.2 Å². The molecule has 2 saturated carbocycles. The Bertz CT molecular complexity index is 1450. The first-order chi connectivity index (χ1) is 17.9. The number of nitrogen functional groups attached to an aromatic ring is 1. The third-order valence-electron chi connectivity index (χ3n) is 8.09. The predicted molar refractivity (Wildman–Crippen MR) is 139 cm³/mol. The molecule has 2 aliphatic carbocycles. The van der Waals surface area contributed by atoms with E-state index >= 15 is 0 Å². The summed E-state index contributed by atoms with van der Waals surface area (Å²) in [5.41, 5.74) is 16.2. The van der Waals surface area contributed by atoms with Gasteiger partial charge < -0.3 is 16.4 Å². The Balaban J connectivity index is 1.20. The van der Waals surface area contributed by atoms with Crippen molar-refractivity contribution in [2.75, 3.05) is 18.8 Å². The second-order valence-electron chi connectivity index (χ2n) is 10.8. The SMILES string of the molecule is CC#CC(=O)N1CC[C@]2(C1)C[C@H](n1nc(-c3cnn(Cc4cccc(C5CC5)c4)c3)c(C(N)=O)c1N)C2. The van der Waals surface area contributed by atoms with Crippen LogP contribution in [0.3, 0.4) is 0 Å². The van der Waals surface area contributed by atoms with Gasteiger partial charge in [-0.2, -0.15) is 10.2 Å². The van der Waals surface area contributed by atoms with Crippen LogP contribution in [-0.2, 0) is 11.3 Å². The van der Waals surface area contributed by atoms with Crippen LogP contribution >= 0.6 is 0 Å². The lowest BCUT2D eigenvalue weighted by Crippen LogP contribution is -2.42. The van der Waals surface area contributed by atoms with Gasteiger partial charge in [0, 0.05) is 24.8 Å². The van der Waals surface area contributed by atoms with E-state index in [-0.39, 0.29) is 28.7 Å². The molecule has 37 heavy (non-hydrogen) atoms. The summed E-state index contributed by atoms with van der Waals surface area (Å²) in [6.07, 6.45) is 8.75. The molecule has 9 heteroatoms. The van der Waals surface area contributed by atoms with E-state index < -0.39 is 5.91 Å². The van der Waals surface area contributed by atoms with E-state index in [0.29, 0.717) is 30.3 Å². The lowest BCUT2D eigenvalue weighted by atomic mass is 9.65. The maximum Gasteiger partial charge on any atom is 0.298 e. The number of likely N-dealkylation sites (tertiary alicyclic amines) is 1. The van der Waals surface area contributed by atoms with Crippen molar-refractivity contribution < 1.29 is 9.59 Å². The second-order valence-corrected chi connectivity index (χ2v) is 10.8. The van der Waals surface area contributed by atoms with Crippen molar-refractivity contribution in [2.45, 2.75) is 57.5 Å². The molecule has 4 N–H and O–H groups in total. The number of hydrogen-bond acceptors (Lipinski definition) is 5. The molecule has 190 valence electrons. The molecule has 3 aromatic rings. The molecule has 3 aliphatic rings.